The number of aromatic nitrogens is 4. The van der Waals surface area contributed by atoms with Gasteiger partial charge in [0.1, 0.15) is 17.3 Å². The van der Waals surface area contributed by atoms with Gasteiger partial charge >= 0.3 is 0 Å². The molecular formula is C22H20FN5O2. The third-order valence-corrected chi connectivity index (χ3v) is 4.99. The number of nitrogens with one attached hydrogen (secondary N) is 1. The van der Waals surface area contributed by atoms with Gasteiger partial charge in [-0.25, -0.2) is 14.1 Å². The molecule has 7 nitrogen and oxygen atoms in total. The van der Waals surface area contributed by atoms with Crippen molar-refractivity contribution in [1.82, 2.24) is 24.6 Å². The van der Waals surface area contributed by atoms with E-state index in [-0.39, 0.29) is 23.7 Å². The number of para-hydroxylation sites is 2. The van der Waals surface area contributed by atoms with Gasteiger partial charge in [-0.15, -0.1) is 0 Å². The molecule has 0 fully saturated rings. The van der Waals surface area contributed by atoms with Gasteiger partial charge in [0.2, 0.25) is 0 Å². The fourth-order valence-electron chi connectivity index (χ4n) is 3.37. The fourth-order valence-corrected chi connectivity index (χ4v) is 3.37. The standard InChI is InChI=1S/C22H20FN5O2/c1-3-27(13-20-25-18-10-6-4-8-15(18)21(29)26-20)22(30)16-12-24-28(14(16)2)19-11-7-5-9-17(19)23/h4-12H,3,13H2,1-2H3,(H,25,26,29). The zero-order chi connectivity index (χ0) is 21.3. The minimum absolute atomic E-state index is 0.139. The summed E-state index contributed by atoms with van der Waals surface area (Å²) >= 11 is 0. The van der Waals surface area contributed by atoms with Gasteiger partial charge in [0.25, 0.3) is 11.5 Å². The van der Waals surface area contributed by atoms with Crippen molar-refractivity contribution in [3.8, 4) is 5.69 Å². The van der Waals surface area contributed by atoms with Crippen LogP contribution in [0.2, 0.25) is 0 Å². The molecule has 0 spiro atoms. The minimum atomic E-state index is -0.423. The number of rotatable bonds is 5. The van der Waals surface area contributed by atoms with Crippen LogP contribution < -0.4 is 5.56 Å². The van der Waals surface area contributed by atoms with Gasteiger partial charge in [0.15, 0.2) is 0 Å². The normalized spacial score (nSPS) is 11.0. The van der Waals surface area contributed by atoms with Crippen molar-refractivity contribution in [2.45, 2.75) is 20.4 Å². The Balaban J connectivity index is 1.64. The molecule has 4 aromatic rings. The molecule has 2 aromatic carbocycles. The molecule has 1 amide bonds. The number of halogens is 1. The van der Waals surface area contributed by atoms with Gasteiger partial charge in [-0.2, -0.15) is 5.10 Å². The van der Waals surface area contributed by atoms with Crippen molar-refractivity contribution in [3.05, 3.63) is 88.0 Å². The molecule has 0 radical (unpaired) electrons. The summed E-state index contributed by atoms with van der Waals surface area (Å²) in [6, 6.07) is 13.3. The second kappa shape index (κ2) is 7.90. The second-order valence-electron chi connectivity index (χ2n) is 6.86. The molecule has 152 valence electrons. The van der Waals surface area contributed by atoms with Crippen LogP contribution in [0.4, 0.5) is 4.39 Å². The molecule has 2 heterocycles. The number of benzene rings is 2. The molecule has 0 atom stereocenters. The number of H-pyrrole nitrogens is 1. The summed E-state index contributed by atoms with van der Waals surface area (Å²) in [5, 5.41) is 4.70. The van der Waals surface area contributed by atoms with Crippen LogP contribution in [0, 0.1) is 12.7 Å². The average molecular weight is 405 g/mol. The summed E-state index contributed by atoms with van der Waals surface area (Å²) in [5.41, 5.74) is 1.50. The number of fused-ring (bicyclic) bond motifs is 1. The highest BCUT2D eigenvalue weighted by molar-refractivity contribution is 5.95. The van der Waals surface area contributed by atoms with Crippen molar-refractivity contribution in [2.75, 3.05) is 6.54 Å². The van der Waals surface area contributed by atoms with Gasteiger partial charge in [-0.1, -0.05) is 24.3 Å². The monoisotopic (exact) mass is 405 g/mol. The number of aromatic amines is 1. The van der Waals surface area contributed by atoms with Crippen molar-refractivity contribution in [3.63, 3.8) is 0 Å². The SMILES string of the molecule is CCN(Cc1nc2ccccc2c(=O)[nH]1)C(=O)c1cnn(-c2ccccc2F)c1C. The molecule has 0 aliphatic carbocycles. The maximum atomic E-state index is 14.1. The van der Waals surface area contributed by atoms with Crippen LogP contribution in [0.1, 0.15) is 28.8 Å². The number of carbonyl (C=O) groups is 1. The summed E-state index contributed by atoms with van der Waals surface area (Å²) in [6.07, 6.45) is 1.43. The van der Waals surface area contributed by atoms with E-state index >= 15 is 0 Å². The number of hydrogen-bond acceptors (Lipinski definition) is 4. The molecular weight excluding hydrogens is 385 g/mol. The topological polar surface area (TPSA) is 83.9 Å². The highest BCUT2D eigenvalue weighted by atomic mass is 19.1. The maximum absolute atomic E-state index is 14.1. The molecule has 30 heavy (non-hydrogen) atoms. The number of nitrogens with zero attached hydrogens (tertiary/aromatic N) is 4. The Morgan fingerprint density at radius 1 is 1.17 bits per heavy atom. The Hall–Kier alpha value is -3.81. The van der Waals surface area contributed by atoms with Gasteiger partial charge in [0, 0.05) is 6.54 Å². The van der Waals surface area contributed by atoms with E-state index in [2.05, 4.69) is 15.1 Å². The third kappa shape index (κ3) is 3.47. The van der Waals surface area contributed by atoms with E-state index in [9.17, 15) is 14.0 Å². The van der Waals surface area contributed by atoms with Crippen molar-refractivity contribution >= 4 is 16.8 Å². The van der Waals surface area contributed by atoms with Crippen LogP contribution >= 0.6 is 0 Å². The third-order valence-electron chi connectivity index (χ3n) is 4.99. The van der Waals surface area contributed by atoms with Crippen LogP contribution in [0.3, 0.4) is 0 Å². The Labute approximate surface area is 171 Å². The first-order valence-corrected chi connectivity index (χ1v) is 9.56. The zero-order valence-electron chi connectivity index (χ0n) is 16.6. The van der Waals surface area contributed by atoms with Gasteiger partial charge in [-0.05, 0) is 38.1 Å². The lowest BCUT2D eigenvalue weighted by molar-refractivity contribution is 0.0747. The van der Waals surface area contributed by atoms with E-state index in [1.165, 1.54) is 16.9 Å². The van der Waals surface area contributed by atoms with Crippen LogP contribution in [0.15, 0.2) is 59.5 Å². The highest BCUT2D eigenvalue weighted by Crippen LogP contribution is 2.19. The molecule has 0 aliphatic rings. The lowest BCUT2D eigenvalue weighted by Crippen LogP contribution is -2.32. The zero-order valence-corrected chi connectivity index (χ0v) is 16.6. The summed E-state index contributed by atoms with van der Waals surface area (Å²) < 4.78 is 15.6. The highest BCUT2D eigenvalue weighted by Gasteiger charge is 2.22. The quantitative estimate of drug-likeness (QED) is 0.553. The lowest BCUT2D eigenvalue weighted by atomic mass is 10.2. The van der Waals surface area contributed by atoms with Gasteiger partial charge < -0.3 is 9.88 Å². The first-order chi connectivity index (χ1) is 14.5. The fraction of sp³-hybridized carbons (Fsp3) is 0.182. The number of amides is 1. The minimum Gasteiger partial charge on any atom is -0.331 e. The Bertz CT molecular complexity index is 1290. The van der Waals surface area contributed by atoms with Crippen LogP contribution in [0.5, 0.6) is 0 Å². The van der Waals surface area contributed by atoms with Crippen LogP contribution in [-0.2, 0) is 6.54 Å². The van der Waals surface area contributed by atoms with Crippen molar-refractivity contribution in [1.29, 1.82) is 0 Å². The average Bonchev–Trinajstić information content (AvgIpc) is 3.13. The van der Waals surface area contributed by atoms with Crippen LogP contribution in [-0.4, -0.2) is 37.1 Å². The maximum Gasteiger partial charge on any atom is 0.258 e. The molecule has 1 N–H and O–H groups in total. The molecule has 8 heteroatoms. The summed E-state index contributed by atoms with van der Waals surface area (Å²) in [7, 11) is 0. The van der Waals surface area contributed by atoms with E-state index in [0.717, 1.165) is 0 Å². The molecule has 0 unspecified atom stereocenters. The van der Waals surface area contributed by atoms with Gasteiger partial charge in [-0.3, -0.25) is 9.59 Å². The molecule has 2 aromatic heterocycles. The Morgan fingerprint density at radius 3 is 2.67 bits per heavy atom. The second-order valence-corrected chi connectivity index (χ2v) is 6.86. The largest absolute Gasteiger partial charge is 0.331 e. The lowest BCUT2D eigenvalue weighted by Gasteiger charge is -2.20. The molecule has 0 aliphatic heterocycles. The van der Waals surface area contributed by atoms with E-state index < -0.39 is 5.82 Å². The predicted molar refractivity (Wildman–Crippen MR) is 111 cm³/mol. The summed E-state index contributed by atoms with van der Waals surface area (Å²) in [5.74, 6) is -0.297. The Morgan fingerprint density at radius 2 is 1.90 bits per heavy atom. The summed E-state index contributed by atoms with van der Waals surface area (Å²) in [4.78, 5) is 34.2. The first-order valence-electron chi connectivity index (χ1n) is 9.56. The van der Waals surface area contributed by atoms with Crippen molar-refractivity contribution < 1.29 is 9.18 Å². The van der Waals surface area contributed by atoms with Crippen molar-refractivity contribution in [2.24, 2.45) is 0 Å². The Kier molecular flexibility index (Phi) is 5.14. The number of hydrogen-bond donors (Lipinski definition) is 1. The number of carbonyl (C=O) groups excluding carboxylic acids is 1. The molecule has 4 rings (SSSR count). The smallest absolute Gasteiger partial charge is 0.258 e. The summed E-state index contributed by atoms with van der Waals surface area (Å²) in [6.45, 7) is 4.10. The van der Waals surface area contributed by atoms with E-state index in [0.29, 0.717) is 34.5 Å². The van der Waals surface area contributed by atoms with Gasteiger partial charge in [0.05, 0.1) is 34.9 Å². The first kappa shape index (κ1) is 19.5. The van der Waals surface area contributed by atoms with E-state index in [1.807, 2.05) is 13.0 Å². The predicted octanol–water partition coefficient (Wildman–Crippen LogP) is 3.22. The molecule has 0 bridgehead atoms. The van der Waals surface area contributed by atoms with E-state index in [1.54, 1.807) is 48.2 Å². The molecule has 0 saturated heterocycles. The van der Waals surface area contributed by atoms with E-state index in [4.69, 9.17) is 0 Å². The molecule has 0 saturated carbocycles. The van der Waals surface area contributed by atoms with Crippen LogP contribution in [0.25, 0.3) is 16.6 Å².